The second-order valence-corrected chi connectivity index (χ2v) is 7.12. The Morgan fingerprint density at radius 2 is 1.95 bits per heavy atom. The highest BCUT2D eigenvalue weighted by atomic mass is 35.5. The van der Waals surface area contributed by atoms with Gasteiger partial charge in [0.1, 0.15) is 0 Å². The summed E-state index contributed by atoms with van der Waals surface area (Å²) in [5.41, 5.74) is 7.59. The molecule has 1 aliphatic rings. The third kappa shape index (κ3) is 4.13. The molecule has 1 saturated carbocycles. The summed E-state index contributed by atoms with van der Waals surface area (Å²) in [6.07, 6.45) is 9.57. The van der Waals surface area contributed by atoms with Crippen molar-refractivity contribution in [2.45, 2.75) is 63.8 Å². The molecule has 1 aromatic carbocycles. The molecule has 2 N–H and O–H groups in total. The predicted molar refractivity (Wildman–Crippen MR) is 88.6 cm³/mol. The van der Waals surface area contributed by atoms with Crippen LogP contribution in [-0.4, -0.2) is 5.54 Å². The normalized spacial score (nSPS) is 26.7. The topological polar surface area (TPSA) is 26.0 Å². The molecule has 1 nitrogen and oxygen atoms in total. The quantitative estimate of drug-likeness (QED) is 0.750. The third-order valence-electron chi connectivity index (χ3n) is 4.64. The van der Waals surface area contributed by atoms with Crippen molar-refractivity contribution in [1.82, 2.24) is 0 Å². The molecule has 0 atom stereocenters. The first-order valence-electron chi connectivity index (χ1n) is 7.76. The van der Waals surface area contributed by atoms with Gasteiger partial charge in [-0.2, -0.15) is 0 Å². The Bertz CT molecular complexity index is 437. The standard InChI is InChI=1S/C17H25Cl2N/c1-2-3-5-13-8-10-17(20,11-9-13)12-14-6-4-7-15(18)16(14)19/h4,6-7,13H,2-3,5,8-12,20H2,1H3. The summed E-state index contributed by atoms with van der Waals surface area (Å²) in [6.45, 7) is 2.26. The first-order valence-corrected chi connectivity index (χ1v) is 8.51. The maximum absolute atomic E-state index is 6.60. The van der Waals surface area contributed by atoms with Crippen LogP contribution in [0.4, 0.5) is 0 Å². The van der Waals surface area contributed by atoms with Crippen LogP contribution in [0.5, 0.6) is 0 Å². The summed E-state index contributed by atoms with van der Waals surface area (Å²) in [5.74, 6) is 0.876. The fraction of sp³-hybridized carbons (Fsp3) is 0.647. The first kappa shape index (κ1) is 16.1. The van der Waals surface area contributed by atoms with Gasteiger partial charge in [-0.05, 0) is 49.7 Å². The van der Waals surface area contributed by atoms with Gasteiger partial charge in [-0.25, -0.2) is 0 Å². The van der Waals surface area contributed by atoms with Gasteiger partial charge < -0.3 is 5.73 Å². The Morgan fingerprint density at radius 1 is 1.25 bits per heavy atom. The summed E-state index contributed by atoms with van der Waals surface area (Å²) < 4.78 is 0. The largest absolute Gasteiger partial charge is 0.325 e. The molecule has 2 rings (SSSR count). The lowest BCUT2D eigenvalue weighted by Crippen LogP contribution is -2.45. The number of hydrogen-bond acceptors (Lipinski definition) is 1. The predicted octanol–water partition coefficient (Wildman–Crippen LogP) is 5.61. The van der Waals surface area contributed by atoms with Crippen LogP contribution >= 0.6 is 23.2 Å². The van der Waals surface area contributed by atoms with Crippen molar-refractivity contribution >= 4 is 23.2 Å². The molecule has 0 heterocycles. The van der Waals surface area contributed by atoms with Crippen molar-refractivity contribution in [3.8, 4) is 0 Å². The van der Waals surface area contributed by atoms with Gasteiger partial charge >= 0.3 is 0 Å². The third-order valence-corrected chi connectivity index (χ3v) is 5.50. The second-order valence-electron chi connectivity index (χ2n) is 6.34. The van der Waals surface area contributed by atoms with Crippen LogP contribution in [-0.2, 0) is 6.42 Å². The summed E-state index contributed by atoms with van der Waals surface area (Å²) >= 11 is 12.4. The molecule has 1 aromatic rings. The van der Waals surface area contributed by atoms with E-state index in [2.05, 4.69) is 6.92 Å². The van der Waals surface area contributed by atoms with Crippen LogP contribution in [0.3, 0.4) is 0 Å². The lowest BCUT2D eigenvalue weighted by atomic mass is 9.73. The molecule has 0 amide bonds. The van der Waals surface area contributed by atoms with Crippen molar-refractivity contribution in [3.05, 3.63) is 33.8 Å². The minimum Gasteiger partial charge on any atom is -0.325 e. The van der Waals surface area contributed by atoms with Crippen LogP contribution in [0.1, 0.15) is 57.4 Å². The van der Waals surface area contributed by atoms with E-state index in [1.807, 2.05) is 18.2 Å². The number of nitrogens with two attached hydrogens (primary N) is 1. The van der Waals surface area contributed by atoms with Crippen LogP contribution in [0.15, 0.2) is 18.2 Å². The van der Waals surface area contributed by atoms with E-state index in [0.717, 1.165) is 30.7 Å². The smallest absolute Gasteiger partial charge is 0.0624 e. The maximum atomic E-state index is 6.60. The van der Waals surface area contributed by atoms with Crippen molar-refractivity contribution in [2.24, 2.45) is 11.7 Å². The van der Waals surface area contributed by atoms with Gasteiger partial charge in [0.05, 0.1) is 10.0 Å². The maximum Gasteiger partial charge on any atom is 0.0624 e. The average Bonchev–Trinajstić information content (AvgIpc) is 2.43. The number of halogens is 2. The van der Waals surface area contributed by atoms with Gasteiger partial charge in [0.25, 0.3) is 0 Å². The van der Waals surface area contributed by atoms with Gasteiger partial charge in [0.2, 0.25) is 0 Å². The highest BCUT2D eigenvalue weighted by Gasteiger charge is 2.32. The van der Waals surface area contributed by atoms with E-state index in [4.69, 9.17) is 28.9 Å². The van der Waals surface area contributed by atoms with Crippen LogP contribution in [0.25, 0.3) is 0 Å². The van der Waals surface area contributed by atoms with Crippen LogP contribution in [0, 0.1) is 5.92 Å². The number of unbranched alkanes of at least 4 members (excludes halogenated alkanes) is 1. The molecule has 0 unspecified atom stereocenters. The van der Waals surface area contributed by atoms with Crippen molar-refractivity contribution in [2.75, 3.05) is 0 Å². The number of hydrogen-bond donors (Lipinski definition) is 1. The van der Waals surface area contributed by atoms with Gasteiger partial charge in [-0.1, -0.05) is 61.5 Å². The van der Waals surface area contributed by atoms with E-state index >= 15 is 0 Å². The summed E-state index contributed by atoms with van der Waals surface area (Å²) in [4.78, 5) is 0. The Hall–Kier alpha value is -0.240. The lowest BCUT2D eigenvalue weighted by molar-refractivity contribution is 0.221. The molecule has 20 heavy (non-hydrogen) atoms. The van der Waals surface area contributed by atoms with E-state index < -0.39 is 0 Å². The minimum absolute atomic E-state index is 0.100. The fourth-order valence-electron chi connectivity index (χ4n) is 3.28. The average molecular weight is 314 g/mol. The molecule has 1 fully saturated rings. The summed E-state index contributed by atoms with van der Waals surface area (Å²) in [6, 6.07) is 5.84. The van der Waals surface area contributed by atoms with E-state index in [9.17, 15) is 0 Å². The van der Waals surface area contributed by atoms with Gasteiger partial charge in [0.15, 0.2) is 0 Å². The van der Waals surface area contributed by atoms with Gasteiger partial charge in [-0.3, -0.25) is 0 Å². The second kappa shape index (κ2) is 7.15. The Kier molecular flexibility index (Phi) is 5.77. The first-order chi connectivity index (χ1) is 9.54. The van der Waals surface area contributed by atoms with Gasteiger partial charge in [-0.15, -0.1) is 0 Å². The zero-order valence-corrected chi connectivity index (χ0v) is 13.8. The van der Waals surface area contributed by atoms with Crippen molar-refractivity contribution < 1.29 is 0 Å². The Balaban J connectivity index is 1.95. The molecule has 0 bridgehead atoms. The highest BCUT2D eigenvalue weighted by molar-refractivity contribution is 6.42. The zero-order chi connectivity index (χ0) is 14.6. The van der Waals surface area contributed by atoms with E-state index in [0.29, 0.717) is 10.0 Å². The molecule has 0 aliphatic heterocycles. The molecule has 0 radical (unpaired) electrons. The Morgan fingerprint density at radius 3 is 2.60 bits per heavy atom. The molecule has 0 spiro atoms. The molecular weight excluding hydrogens is 289 g/mol. The monoisotopic (exact) mass is 313 g/mol. The minimum atomic E-state index is -0.100. The van der Waals surface area contributed by atoms with Gasteiger partial charge in [0, 0.05) is 5.54 Å². The van der Waals surface area contributed by atoms with Crippen LogP contribution in [0.2, 0.25) is 10.0 Å². The SMILES string of the molecule is CCCCC1CCC(N)(Cc2cccc(Cl)c2Cl)CC1. The van der Waals surface area contributed by atoms with Crippen molar-refractivity contribution in [1.29, 1.82) is 0 Å². The van der Waals surface area contributed by atoms with Crippen molar-refractivity contribution in [3.63, 3.8) is 0 Å². The zero-order valence-electron chi connectivity index (χ0n) is 12.3. The summed E-state index contributed by atoms with van der Waals surface area (Å²) in [7, 11) is 0. The molecule has 112 valence electrons. The lowest BCUT2D eigenvalue weighted by Gasteiger charge is -2.37. The molecule has 3 heteroatoms. The van der Waals surface area contributed by atoms with E-state index in [1.54, 1.807) is 0 Å². The number of rotatable bonds is 5. The molecule has 1 aliphatic carbocycles. The van der Waals surface area contributed by atoms with E-state index in [-0.39, 0.29) is 5.54 Å². The molecule has 0 saturated heterocycles. The summed E-state index contributed by atoms with van der Waals surface area (Å²) in [5, 5.41) is 1.30. The Labute approximate surface area is 132 Å². The molecular formula is C17H25Cl2N. The van der Waals surface area contributed by atoms with Crippen LogP contribution < -0.4 is 5.73 Å². The highest BCUT2D eigenvalue weighted by Crippen LogP contribution is 2.37. The molecule has 0 aromatic heterocycles. The van der Waals surface area contributed by atoms with E-state index in [1.165, 1.54) is 32.1 Å². The number of benzene rings is 1. The fourth-order valence-corrected chi connectivity index (χ4v) is 3.66.